The molecule has 1 aromatic rings. The van der Waals surface area contributed by atoms with Crippen molar-refractivity contribution in [3.05, 3.63) is 29.3 Å². The molecule has 0 heterocycles. The van der Waals surface area contributed by atoms with Crippen LogP contribution in [0, 0.1) is 5.92 Å². The second kappa shape index (κ2) is 5.09. The number of benzene rings is 1. The monoisotopic (exact) mass is 276 g/mol. The molecule has 4 heteroatoms. The van der Waals surface area contributed by atoms with Crippen LogP contribution in [0.1, 0.15) is 42.7 Å². The second-order valence-corrected chi connectivity index (χ2v) is 5.65. The Morgan fingerprint density at radius 1 is 1.40 bits per heavy atom. The second-order valence-electron chi connectivity index (χ2n) is 5.65. The molecule has 2 bridgehead atoms. The van der Waals surface area contributed by atoms with E-state index in [2.05, 4.69) is 0 Å². The van der Waals surface area contributed by atoms with Gasteiger partial charge in [-0.3, -0.25) is 0 Å². The van der Waals surface area contributed by atoms with Crippen molar-refractivity contribution in [1.82, 2.24) is 0 Å². The zero-order valence-electron chi connectivity index (χ0n) is 11.8. The summed E-state index contributed by atoms with van der Waals surface area (Å²) < 4.78 is 10.2. The van der Waals surface area contributed by atoms with Crippen molar-refractivity contribution in [2.75, 3.05) is 13.7 Å². The Hall–Kier alpha value is -1.55. The molecule has 0 spiro atoms. The SMILES string of the molecule is CCOC(=O)C(O)C1c2ccc(OC)cc2C2CC1C2. The van der Waals surface area contributed by atoms with Gasteiger partial charge in [-0.25, -0.2) is 4.79 Å². The Bertz CT molecular complexity index is 519. The standard InChI is InChI=1S/C16H20O4/c1-3-20-16(18)15(17)14-10-6-9(7-10)13-8-11(19-2)4-5-12(13)14/h4-5,8-10,14-15,17H,3,6-7H2,1-2H3. The number of aliphatic hydroxyl groups excluding tert-OH is 1. The molecule has 3 aliphatic carbocycles. The van der Waals surface area contributed by atoms with Crippen molar-refractivity contribution < 1.29 is 19.4 Å². The number of carbonyl (C=O) groups is 1. The quantitative estimate of drug-likeness (QED) is 0.857. The van der Waals surface area contributed by atoms with Crippen LogP contribution in [-0.4, -0.2) is 30.9 Å². The molecule has 3 aliphatic rings. The smallest absolute Gasteiger partial charge is 0.335 e. The predicted molar refractivity (Wildman–Crippen MR) is 73.8 cm³/mol. The largest absolute Gasteiger partial charge is 0.497 e. The molecule has 1 saturated carbocycles. The highest BCUT2D eigenvalue weighted by Gasteiger charge is 2.48. The summed E-state index contributed by atoms with van der Waals surface area (Å²) in [5.41, 5.74) is 2.30. The Kier molecular flexibility index (Phi) is 3.42. The van der Waals surface area contributed by atoms with E-state index in [1.54, 1.807) is 14.0 Å². The third kappa shape index (κ3) is 1.99. The summed E-state index contributed by atoms with van der Waals surface area (Å²) in [6, 6.07) is 5.92. The lowest BCUT2D eigenvalue weighted by molar-refractivity contribution is -0.156. The van der Waals surface area contributed by atoms with Crippen LogP contribution >= 0.6 is 0 Å². The fourth-order valence-corrected chi connectivity index (χ4v) is 3.60. The number of methoxy groups -OCH3 is 1. The minimum atomic E-state index is -1.06. The van der Waals surface area contributed by atoms with Crippen LogP contribution in [0.3, 0.4) is 0 Å². The van der Waals surface area contributed by atoms with Crippen molar-refractivity contribution in [2.24, 2.45) is 5.92 Å². The van der Waals surface area contributed by atoms with Crippen LogP contribution in [0.4, 0.5) is 0 Å². The highest BCUT2D eigenvalue weighted by Crippen LogP contribution is 2.57. The van der Waals surface area contributed by atoms with E-state index in [0.29, 0.717) is 18.4 Å². The Labute approximate surface area is 118 Å². The van der Waals surface area contributed by atoms with Crippen LogP contribution in [0.15, 0.2) is 18.2 Å². The number of ether oxygens (including phenoxy) is 2. The van der Waals surface area contributed by atoms with E-state index >= 15 is 0 Å². The predicted octanol–water partition coefficient (Wildman–Crippen LogP) is 2.21. The third-order valence-corrected chi connectivity index (χ3v) is 4.64. The van der Waals surface area contributed by atoms with Crippen molar-refractivity contribution >= 4 is 5.97 Å². The highest BCUT2D eigenvalue weighted by molar-refractivity contribution is 5.76. The summed E-state index contributed by atoms with van der Waals surface area (Å²) in [4.78, 5) is 11.8. The Balaban J connectivity index is 1.93. The lowest BCUT2D eigenvalue weighted by atomic mass is 9.56. The molecule has 0 saturated heterocycles. The third-order valence-electron chi connectivity index (χ3n) is 4.64. The first-order chi connectivity index (χ1) is 9.65. The molecule has 0 aromatic heterocycles. The highest BCUT2D eigenvalue weighted by atomic mass is 16.5. The van der Waals surface area contributed by atoms with E-state index in [9.17, 15) is 9.90 Å². The molecule has 1 aromatic carbocycles. The Morgan fingerprint density at radius 3 is 2.80 bits per heavy atom. The van der Waals surface area contributed by atoms with Crippen molar-refractivity contribution in [3.63, 3.8) is 0 Å². The van der Waals surface area contributed by atoms with Crippen LogP contribution in [0.5, 0.6) is 5.75 Å². The number of hydrogen-bond donors (Lipinski definition) is 1. The molecule has 20 heavy (non-hydrogen) atoms. The van der Waals surface area contributed by atoms with Gasteiger partial charge in [-0.2, -0.15) is 0 Å². The molecule has 1 fully saturated rings. The topological polar surface area (TPSA) is 55.8 Å². The minimum Gasteiger partial charge on any atom is -0.497 e. The van der Waals surface area contributed by atoms with Crippen LogP contribution in [0.25, 0.3) is 0 Å². The van der Waals surface area contributed by atoms with Gasteiger partial charge in [-0.1, -0.05) is 6.07 Å². The zero-order valence-corrected chi connectivity index (χ0v) is 11.8. The maximum Gasteiger partial charge on any atom is 0.335 e. The number of carbonyl (C=O) groups excluding carboxylic acids is 1. The molecule has 2 atom stereocenters. The van der Waals surface area contributed by atoms with Gasteiger partial charge in [0.15, 0.2) is 6.10 Å². The van der Waals surface area contributed by atoms with Crippen molar-refractivity contribution in [2.45, 2.75) is 37.7 Å². The summed E-state index contributed by atoms with van der Waals surface area (Å²) >= 11 is 0. The number of hydrogen-bond acceptors (Lipinski definition) is 4. The van der Waals surface area contributed by atoms with E-state index in [1.807, 2.05) is 18.2 Å². The summed E-state index contributed by atoms with van der Waals surface area (Å²) in [6.45, 7) is 2.05. The summed E-state index contributed by atoms with van der Waals surface area (Å²) in [5, 5.41) is 10.3. The van der Waals surface area contributed by atoms with E-state index < -0.39 is 12.1 Å². The van der Waals surface area contributed by atoms with Crippen LogP contribution in [-0.2, 0) is 9.53 Å². The van der Waals surface area contributed by atoms with Gasteiger partial charge >= 0.3 is 5.97 Å². The van der Waals surface area contributed by atoms with Gasteiger partial charge < -0.3 is 14.6 Å². The molecular formula is C16H20O4. The van der Waals surface area contributed by atoms with Crippen LogP contribution < -0.4 is 4.74 Å². The number of aliphatic hydroxyl groups is 1. The van der Waals surface area contributed by atoms with Gasteiger partial charge in [-0.05, 0) is 54.9 Å². The first-order valence-electron chi connectivity index (χ1n) is 7.18. The fourth-order valence-electron chi connectivity index (χ4n) is 3.60. The van der Waals surface area contributed by atoms with E-state index in [4.69, 9.17) is 9.47 Å². The molecule has 2 unspecified atom stereocenters. The number of rotatable bonds is 4. The first-order valence-corrected chi connectivity index (χ1v) is 7.18. The molecule has 1 N–H and O–H groups in total. The summed E-state index contributed by atoms with van der Waals surface area (Å²) in [7, 11) is 1.65. The summed E-state index contributed by atoms with van der Waals surface area (Å²) in [6.07, 6.45) is 1.02. The van der Waals surface area contributed by atoms with Gasteiger partial charge in [0.1, 0.15) is 5.75 Å². The average Bonchev–Trinajstić information content (AvgIpc) is 2.43. The maximum atomic E-state index is 11.8. The average molecular weight is 276 g/mol. The molecular weight excluding hydrogens is 256 g/mol. The van der Waals surface area contributed by atoms with Gasteiger partial charge in [0.25, 0.3) is 0 Å². The first kappa shape index (κ1) is 13.4. The van der Waals surface area contributed by atoms with Crippen molar-refractivity contribution in [1.29, 1.82) is 0 Å². The zero-order chi connectivity index (χ0) is 14.3. The molecule has 0 aliphatic heterocycles. The molecule has 0 amide bonds. The van der Waals surface area contributed by atoms with Crippen LogP contribution in [0.2, 0.25) is 0 Å². The summed E-state index contributed by atoms with van der Waals surface area (Å²) in [5.74, 6) is 1.12. The van der Waals surface area contributed by atoms with Gasteiger partial charge in [0, 0.05) is 5.92 Å². The normalized spacial score (nSPS) is 28.1. The minimum absolute atomic E-state index is 0.139. The Morgan fingerprint density at radius 2 is 2.15 bits per heavy atom. The maximum absolute atomic E-state index is 11.8. The van der Waals surface area contributed by atoms with Gasteiger partial charge in [0.2, 0.25) is 0 Å². The molecule has 4 rings (SSSR count). The fraction of sp³-hybridized carbons (Fsp3) is 0.562. The van der Waals surface area contributed by atoms with E-state index in [-0.39, 0.29) is 5.92 Å². The molecule has 4 nitrogen and oxygen atoms in total. The van der Waals surface area contributed by atoms with E-state index in [1.165, 1.54) is 5.56 Å². The van der Waals surface area contributed by atoms with Gasteiger partial charge in [-0.15, -0.1) is 0 Å². The lowest BCUT2D eigenvalue weighted by Crippen LogP contribution is -2.43. The number of esters is 1. The molecule has 0 radical (unpaired) electrons. The van der Waals surface area contributed by atoms with Gasteiger partial charge in [0.05, 0.1) is 13.7 Å². The molecule has 108 valence electrons. The van der Waals surface area contributed by atoms with Crippen molar-refractivity contribution in [3.8, 4) is 5.75 Å². The van der Waals surface area contributed by atoms with E-state index in [0.717, 1.165) is 24.2 Å². The lowest BCUT2D eigenvalue weighted by Gasteiger charge is -2.49.